The van der Waals surface area contributed by atoms with E-state index in [1.165, 1.54) is 398 Å². The van der Waals surface area contributed by atoms with Gasteiger partial charge in [-0.05, 0) is 89.9 Å². The Kier molecular flexibility index (Phi) is 83.3. The van der Waals surface area contributed by atoms with Gasteiger partial charge in [0, 0.05) is 12.8 Å². The van der Waals surface area contributed by atoms with Crippen molar-refractivity contribution in [3.05, 3.63) is 48.6 Å². The lowest BCUT2D eigenvalue weighted by atomic mass is 10.0. The summed E-state index contributed by atoms with van der Waals surface area (Å²) in [4.78, 5) is 24.7. The largest absolute Gasteiger partial charge is 0.466 e. The Labute approximate surface area is 601 Å². The Morgan fingerprint density at radius 1 is 0.292 bits per heavy atom. The summed E-state index contributed by atoms with van der Waals surface area (Å²) in [5.74, 6) is -0.0109. The minimum absolute atomic E-state index is 0.0158. The highest BCUT2D eigenvalue weighted by Gasteiger charge is 2.20. The molecule has 6 heteroatoms. The van der Waals surface area contributed by atoms with Crippen molar-refractivity contribution in [2.45, 2.75) is 501 Å². The third-order valence-electron chi connectivity index (χ3n) is 20.6. The maximum Gasteiger partial charge on any atom is 0.305 e. The van der Waals surface area contributed by atoms with Crippen LogP contribution in [0.1, 0.15) is 489 Å². The fraction of sp³-hybridized carbons (Fsp3) is 0.889. The molecule has 0 aliphatic heterocycles. The molecule has 0 aromatic rings. The van der Waals surface area contributed by atoms with E-state index in [1.54, 1.807) is 0 Å². The van der Waals surface area contributed by atoms with Gasteiger partial charge in [0.15, 0.2) is 0 Å². The molecule has 0 saturated carbocycles. The molecular formula is C90H171NO5. The summed E-state index contributed by atoms with van der Waals surface area (Å²) in [6.07, 6.45) is 114. The molecule has 0 saturated heterocycles. The monoisotopic (exact) mass is 1350 g/mol. The third-order valence-corrected chi connectivity index (χ3v) is 20.6. The van der Waals surface area contributed by atoms with Gasteiger partial charge in [0.05, 0.1) is 25.4 Å². The highest BCUT2D eigenvalue weighted by Crippen LogP contribution is 2.21. The number of hydrogen-bond donors (Lipinski definition) is 3. The van der Waals surface area contributed by atoms with E-state index in [9.17, 15) is 19.8 Å². The number of esters is 1. The van der Waals surface area contributed by atoms with Crippen LogP contribution in [0.5, 0.6) is 0 Å². The van der Waals surface area contributed by atoms with Gasteiger partial charge in [-0.15, -0.1) is 0 Å². The smallest absolute Gasteiger partial charge is 0.305 e. The predicted octanol–water partition coefficient (Wildman–Crippen LogP) is 29.5. The lowest BCUT2D eigenvalue weighted by Gasteiger charge is -2.22. The van der Waals surface area contributed by atoms with Gasteiger partial charge >= 0.3 is 5.97 Å². The quantitative estimate of drug-likeness (QED) is 0.0320. The van der Waals surface area contributed by atoms with Gasteiger partial charge in [-0.3, -0.25) is 9.59 Å². The van der Waals surface area contributed by atoms with Gasteiger partial charge in [-0.2, -0.15) is 0 Å². The van der Waals surface area contributed by atoms with Crippen LogP contribution in [0.15, 0.2) is 48.6 Å². The average Bonchev–Trinajstić information content (AvgIpc) is 3.69. The predicted molar refractivity (Wildman–Crippen MR) is 426 cm³/mol. The van der Waals surface area contributed by atoms with E-state index in [0.29, 0.717) is 25.9 Å². The Hall–Kier alpha value is -2.18. The molecule has 0 aromatic carbocycles. The molecule has 3 N–H and O–H groups in total. The van der Waals surface area contributed by atoms with Crippen molar-refractivity contribution in [1.29, 1.82) is 0 Å². The van der Waals surface area contributed by atoms with E-state index in [-0.39, 0.29) is 18.5 Å². The van der Waals surface area contributed by atoms with Crippen LogP contribution in [0.3, 0.4) is 0 Å². The lowest BCUT2D eigenvalue weighted by Crippen LogP contribution is -2.45. The van der Waals surface area contributed by atoms with Gasteiger partial charge in [-0.25, -0.2) is 0 Å². The molecule has 2 atom stereocenters. The van der Waals surface area contributed by atoms with Crippen molar-refractivity contribution < 1.29 is 24.5 Å². The van der Waals surface area contributed by atoms with Crippen LogP contribution in [0.4, 0.5) is 0 Å². The number of nitrogens with one attached hydrogen (secondary N) is 1. The highest BCUT2D eigenvalue weighted by molar-refractivity contribution is 5.76. The van der Waals surface area contributed by atoms with E-state index in [2.05, 4.69) is 67.8 Å². The summed E-state index contributed by atoms with van der Waals surface area (Å²) in [6.45, 7) is 4.98. The maximum atomic E-state index is 12.6. The number of ether oxygens (including phenoxy) is 1. The van der Waals surface area contributed by atoms with Crippen LogP contribution < -0.4 is 5.32 Å². The van der Waals surface area contributed by atoms with Crippen LogP contribution in [0.25, 0.3) is 0 Å². The molecule has 0 aliphatic carbocycles. The molecule has 0 spiro atoms. The Balaban J connectivity index is 3.36. The molecule has 96 heavy (non-hydrogen) atoms. The van der Waals surface area contributed by atoms with E-state index < -0.39 is 12.1 Å². The number of unbranched alkanes of at least 4 members (excludes halogenated alkanes) is 64. The van der Waals surface area contributed by atoms with E-state index in [4.69, 9.17) is 4.74 Å². The van der Waals surface area contributed by atoms with Crippen LogP contribution in [0.2, 0.25) is 0 Å². The fourth-order valence-electron chi connectivity index (χ4n) is 13.9. The summed E-state index contributed by atoms with van der Waals surface area (Å²) in [6, 6.07) is -0.541. The number of carbonyl (C=O) groups is 2. The molecule has 1 amide bonds. The Bertz CT molecular complexity index is 1600. The zero-order valence-electron chi connectivity index (χ0n) is 65.1. The first-order valence-corrected chi connectivity index (χ1v) is 43.9. The average molecular weight is 1350 g/mol. The van der Waals surface area contributed by atoms with Crippen molar-refractivity contribution in [1.82, 2.24) is 5.32 Å². The first-order chi connectivity index (χ1) is 47.5. The van der Waals surface area contributed by atoms with E-state index in [1.807, 2.05) is 0 Å². The van der Waals surface area contributed by atoms with Gasteiger partial charge < -0.3 is 20.3 Å². The Morgan fingerprint density at radius 3 is 0.812 bits per heavy atom. The number of amides is 1. The third kappa shape index (κ3) is 80.8. The van der Waals surface area contributed by atoms with Crippen molar-refractivity contribution in [2.75, 3.05) is 13.2 Å². The lowest BCUT2D eigenvalue weighted by molar-refractivity contribution is -0.143. The molecule has 566 valence electrons. The number of rotatable bonds is 83. The number of aliphatic hydroxyl groups is 2. The SMILES string of the molecule is CCCCC/C=C\C/C=C\CCCCCCCCCCCC(=O)OCCCCCCCCCCCCCCC/C=C\C/C=C\CCCCCCCCCCCCCCCCCCCC(=O)NC(CO)C(O)CCCCCCCCCCCCCCCCCCCCCCCCC. The zero-order valence-corrected chi connectivity index (χ0v) is 65.1. The molecule has 2 unspecified atom stereocenters. The minimum atomic E-state index is -0.664. The summed E-state index contributed by atoms with van der Waals surface area (Å²) in [5, 5.41) is 23.5. The molecule has 0 aromatic heterocycles. The molecule has 0 rings (SSSR count). The van der Waals surface area contributed by atoms with Gasteiger partial charge in [-0.1, -0.05) is 435 Å². The number of allylic oxidation sites excluding steroid dienone is 8. The molecule has 0 fully saturated rings. The van der Waals surface area contributed by atoms with Gasteiger partial charge in [0.25, 0.3) is 0 Å². The topological polar surface area (TPSA) is 95.9 Å². The summed E-state index contributed by atoms with van der Waals surface area (Å²) in [7, 11) is 0. The number of hydrogen-bond acceptors (Lipinski definition) is 5. The van der Waals surface area contributed by atoms with E-state index >= 15 is 0 Å². The second-order valence-corrected chi connectivity index (χ2v) is 30.2. The number of carbonyl (C=O) groups excluding carboxylic acids is 2. The summed E-state index contributed by atoms with van der Waals surface area (Å²) < 4.78 is 5.52. The molecule has 0 bridgehead atoms. The van der Waals surface area contributed by atoms with Crippen molar-refractivity contribution >= 4 is 11.9 Å². The van der Waals surface area contributed by atoms with Crippen molar-refractivity contribution in [2.24, 2.45) is 0 Å². The normalized spacial score (nSPS) is 12.7. The van der Waals surface area contributed by atoms with Crippen LogP contribution in [0, 0.1) is 0 Å². The first-order valence-electron chi connectivity index (χ1n) is 43.9. The van der Waals surface area contributed by atoms with Crippen molar-refractivity contribution in [3.63, 3.8) is 0 Å². The van der Waals surface area contributed by atoms with Crippen molar-refractivity contribution in [3.8, 4) is 0 Å². The van der Waals surface area contributed by atoms with Crippen LogP contribution >= 0.6 is 0 Å². The number of aliphatic hydroxyl groups excluding tert-OH is 2. The highest BCUT2D eigenvalue weighted by atomic mass is 16.5. The molecule has 0 aliphatic rings. The van der Waals surface area contributed by atoms with Gasteiger partial charge in [0.1, 0.15) is 0 Å². The molecule has 0 radical (unpaired) electrons. The maximum absolute atomic E-state index is 12.6. The zero-order chi connectivity index (χ0) is 69.1. The Morgan fingerprint density at radius 2 is 0.521 bits per heavy atom. The molecular weight excluding hydrogens is 1170 g/mol. The van der Waals surface area contributed by atoms with E-state index in [0.717, 1.165) is 57.8 Å². The summed E-state index contributed by atoms with van der Waals surface area (Å²) in [5.41, 5.74) is 0. The second-order valence-electron chi connectivity index (χ2n) is 30.2. The first kappa shape index (κ1) is 93.8. The second kappa shape index (κ2) is 85.2. The molecule has 0 heterocycles. The van der Waals surface area contributed by atoms with Gasteiger partial charge in [0.2, 0.25) is 5.91 Å². The minimum Gasteiger partial charge on any atom is -0.466 e. The fourth-order valence-corrected chi connectivity index (χ4v) is 13.9. The van der Waals surface area contributed by atoms with Crippen LogP contribution in [-0.4, -0.2) is 47.4 Å². The van der Waals surface area contributed by atoms with Crippen LogP contribution in [-0.2, 0) is 14.3 Å². The summed E-state index contributed by atoms with van der Waals surface area (Å²) >= 11 is 0. The standard InChI is InChI=1S/C90H171NO5/c1-3-5-7-9-11-13-15-17-19-21-23-24-40-43-47-50-54-58-62-66-70-74-78-82-88(93)87(86-92)91-89(94)83-79-75-71-67-63-59-55-51-48-44-41-38-36-34-32-30-28-26-25-27-29-31-33-35-37-39-42-45-49-53-57-61-65-69-73-77-81-85-96-90(95)84-80-76-72-68-64-60-56-52-46-22-20-18-16-14-12-10-8-6-4-2/h12,14,18,20,25,27,31,33,87-88,92-93H,3-11,13,15-17,19,21-24,26,28-30,32,34-86H2,1-2H3,(H,91,94)/b14-12-,20-18-,27-25-,33-31-. The molecule has 6 nitrogen and oxygen atoms in total.